The first kappa shape index (κ1) is 13.1. The molecule has 0 saturated carbocycles. The zero-order valence-corrected chi connectivity index (χ0v) is 11.4. The van der Waals surface area contributed by atoms with Gasteiger partial charge in [-0.2, -0.15) is 0 Å². The van der Waals surface area contributed by atoms with E-state index in [1.807, 2.05) is 11.0 Å². The van der Waals surface area contributed by atoms with E-state index in [-0.39, 0.29) is 11.9 Å². The van der Waals surface area contributed by atoms with E-state index in [9.17, 15) is 4.79 Å². The van der Waals surface area contributed by atoms with Crippen LogP contribution in [0.15, 0.2) is 12.4 Å². The van der Waals surface area contributed by atoms with Crippen molar-refractivity contribution in [3.63, 3.8) is 0 Å². The number of primary amides is 1. The van der Waals surface area contributed by atoms with Crippen LogP contribution in [0.2, 0.25) is 0 Å². The molecule has 0 aromatic carbocycles. The van der Waals surface area contributed by atoms with E-state index < -0.39 is 0 Å². The van der Waals surface area contributed by atoms with Gasteiger partial charge in [0.2, 0.25) is 5.91 Å². The van der Waals surface area contributed by atoms with Crippen LogP contribution in [0.4, 0.5) is 11.6 Å². The van der Waals surface area contributed by atoms with Gasteiger partial charge in [0.15, 0.2) is 0 Å². The number of nitrogens with zero attached hydrogens (tertiary/aromatic N) is 4. The molecule has 2 aliphatic rings. The third-order valence-electron chi connectivity index (χ3n) is 3.85. The van der Waals surface area contributed by atoms with Gasteiger partial charge in [0.1, 0.15) is 24.0 Å². The second-order valence-electron chi connectivity index (χ2n) is 5.09. The Balaban J connectivity index is 1.81. The van der Waals surface area contributed by atoms with Crippen molar-refractivity contribution in [2.24, 2.45) is 5.73 Å². The number of amides is 1. The standard InChI is InChI=1S/C13H19N5O2/c14-13(19)10-2-1-3-18(10)12-8-11(15-9-16-12)17-4-6-20-7-5-17/h8-10H,1-7H2,(H2,14,19). The fourth-order valence-corrected chi connectivity index (χ4v) is 2.80. The lowest BCUT2D eigenvalue weighted by molar-refractivity contribution is -0.119. The summed E-state index contributed by atoms with van der Waals surface area (Å²) in [6.45, 7) is 3.90. The maximum Gasteiger partial charge on any atom is 0.240 e. The number of hydrogen-bond donors (Lipinski definition) is 1. The number of carbonyl (C=O) groups excluding carboxylic acids is 1. The number of aromatic nitrogens is 2. The molecule has 3 heterocycles. The predicted molar refractivity (Wildman–Crippen MR) is 74.6 cm³/mol. The maximum absolute atomic E-state index is 11.5. The summed E-state index contributed by atoms with van der Waals surface area (Å²) in [6.07, 6.45) is 3.31. The molecule has 108 valence electrons. The molecule has 20 heavy (non-hydrogen) atoms. The first-order valence-electron chi connectivity index (χ1n) is 6.96. The van der Waals surface area contributed by atoms with Crippen molar-refractivity contribution >= 4 is 17.5 Å². The Morgan fingerprint density at radius 3 is 2.75 bits per heavy atom. The number of hydrogen-bond acceptors (Lipinski definition) is 6. The number of rotatable bonds is 3. The summed E-state index contributed by atoms with van der Waals surface area (Å²) in [5.41, 5.74) is 5.46. The summed E-state index contributed by atoms with van der Waals surface area (Å²) >= 11 is 0. The Labute approximate surface area is 117 Å². The van der Waals surface area contributed by atoms with Gasteiger partial charge in [0.05, 0.1) is 13.2 Å². The molecule has 2 saturated heterocycles. The molecule has 0 radical (unpaired) electrons. The molecule has 0 bridgehead atoms. The van der Waals surface area contributed by atoms with Gasteiger partial charge in [0, 0.05) is 25.7 Å². The van der Waals surface area contributed by atoms with Crippen molar-refractivity contribution in [1.82, 2.24) is 9.97 Å². The van der Waals surface area contributed by atoms with Crippen molar-refractivity contribution in [1.29, 1.82) is 0 Å². The van der Waals surface area contributed by atoms with Crippen LogP contribution in [0, 0.1) is 0 Å². The van der Waals surface area contributed by atoms with E-state index in [0.29, 0.717) is 13.2 Å². The third-order valence-corrected chi connectivity index (χ3v) is 3.85. The SMILES string of the molecule is NC(=O)C1CCCN1c1cc(N2CCOCC2)ncn1. The minimum absolute atomic E-state index is 0.248. The summed E-state index contributed by atoms with van der Waals surface area (Å²) in [6, 6.07) is 1.69. The number of ether oxygens (including phenoxy) is 1. The van der Waals surface area contributed by atoms with Crippen LogP contribution in [0.1, 0.15) is 12.8 Å². The number of nitrogens with two attached hydrogens (primary N) is 1. The summed E-state index contributed by atoms with van der Waals surface area (Å²) in [7, 11) is 0. The zero-order valence-electron chi connectivity index (χ0n) is 11.4. The average molecular weight is 277 g/mol. The Bertz CT molecular complexity index is 489. The van der Waals surface area contributed by atoms with Crippen molar-refractivity contribution in [2.45, 2.75) is 18.9 Å². The molecule has 1 aromatic heterocycles. The second-order valence-corrected chi connectivity index (χ2v) is 5.09. The predicted octanol–water partition coefficient (Wildman–Crippen LogP) is -0.233. The van der Waals surface area contributed by atoms with Crippen molar-refractivity contribution in [3.05, 3.63) is 12.4 Å². The lowest BCUT2D eigenvalue weighted by Gasteiger charge is -2.29. The molecular weight excluding hydrogens is 258 g/mol. The first-order valence-corrected chi connectivity index (χ1v) is 6.96. The van der Waals surface area contributed by atoms with Gasteiger partial charge in [-0.05, 0) is 12.8 Å². The van der Waals surface area contributed by atoms with Crippen LogP contribution in [0.3, 0.4) is 0 Å². The molecule has 2 N–H and O–H groups in total. The van der Waals surface area contributed by atoms with Gasteiger partial charge in [-0.1, -0.05) is 0 Å². The van der Waals surface area contributed by atoms with E-state index in [0.717, 1.165) is 44.1 Å². The molecule has 1 amide bonds. The smallest absolute Gasteiger partial charge is 0.240 e. The van der Waals surface area contributed by atoms with E-state index in [4.69, 9.17) is 10.5 Å². The van der Waals surface area contributed by atoms with Gasteiger partial charge in [0.25, 0.3) is 0 Å². The molecule has 7 nitrogen and oxygen atoms in total. The molecule has 2 fully saturated rings. The average Bonchev–Trinajstić information content (AvgIpc) is 2.98. The Hall–Kier alpha value is -1.89. The first-order chi connectivity index (χ1) is 9.75. The monoisotopic (exact) mass is 277 g/mol. The molecule has 7 heteroatoms. The van der Waals surface area contributed by atoms with Crippen LogP contribution < -0.4 is 15.5 Å². The van der Waals surface area contributed by atoms with Crippen molar-refractivity contribution in [3.8, 4) is 0 Å². The molecule has 1 atom stereocenters. The lowest BCUT2D eigenvalue weighted by atomic mass is 10.2. The maximum atomic E-state index is 11.5. The molecule has 0 spiro atoms. The molecule has 3 rings (SSSR count). The zero-order chi connectivity index (χ0) is 13.9. The van der Waals surface area contributed by atoms with Gasteiger partial charge >= 0.3 is 0 Å². The summed E-state index contributed by atoms with van der Waals surface area (Å²) in [5, 5.41) is 0. The summed E-state index contributed by atoms with van der Waals surface area (Å²) in [5.74, 6) is 1.38. The van der Waals surface area contributed by atoms with Crippen LogP contribution in [0.5, 0.6) is 0 Å². The van der Waals surface area contributed by atoms with Crippen LogP contribution in [-0.4, -0.2) is 54.8 Å². The molecule has 1 unspecified atom stereocenters. The highest BCUT2D eigenvalue weighted by molar-refractivity contribution is 5.84. The summed E-state index contributed by atoms with van der Waals surface area (Å²) < 4.78 is 5.34. The van der Waals surface area contributed by atoms with Crippen molar-refractivity contribution < 1.29 is 9.53 Å². The third kappa shape index (κ3) is 2.53. The fourth-order valence-electron chi connectivity index (χ4n) is 2.80. The van der Waals surface area contributed by atoms with Gasteiger partial charge in [-0.3, -0.25) is 4.79 Å². The van der Waals surface area contributed by atoms with Crippen molar-refractivity contribution in [2.75, 3.05) is 42.6 Å². The number of morpholine rings is 1. The molecule has 1 aromatic rings. The van der Waals surface area contributed by atoms with Gasteiger partial charge < -0.3 is 20.3 Å². The molecule has 0 aliphatic carbocycles. The Morgan fingerprint density at radius 2 is 2.00 bits per heavy atom. The lowest BCUT2D eigenvalue weighted by Crippen LogP contribution is -2.41. The summed E-state index contributed by atoms with van der Waals surface area (Å²) in [4.78, 5) is 24.3. The van der Waals surface area contributed by atoms with E-state index in [2.05, 4.69) is 14.9 Å². The van der Waals surface area contributed by atoms with E-state index in [1.54, 1.807) is 6.33 Å². The second kappa shape index (κ2) is 5.62. The highest BCUT2D eigenvalue weighted by Gasteiger charge is 2.30. The highest BCUT2D eigenvalue weighted by Crippen LogP contribution is 2.26. The molecule has 2 aliphatic heterocycles. The largest absolute Gasteiger partial charge is 0.378 e. The number of carbonyl (C=O) groups is 1. The van der Waals surface area contributed by atoms with Crippen LogP contribution >= 0.6 is 0 Å². The minimum atomic E-state index is -0.283. The van der Waals surface area contributed by atoms with Crippen LogP contribution in [0.25, 0.3) is 0 Å². The van der Waals surface area contributed by atoms with Gasteiger partial charge in [-0.15, -0.1) is 0 Å². The van der Waals surface area contributed by atoms with Gasteiger partial charge in [-0.25, -0.2) is 9.97 Å². The Morgan fingerprint density at radius 1 is 1.25 bits per heavy atom. The quantitative estimate of drug-likeness (QED) is 0.821. The molecular formula is C13H19N5O2. The normalized spacial score (nSPS) is 23.1. The van der Waals surface area contributed by atoms with E-state index in [1.165, 1.54) is 0 Å². The highest BCUT2D eigenvalue weighted by atomic mass is 16.5. The fraction of sp³-hybridized carbons (Fsp3) is 0.615. The minimum Gasteiger partial charge on any atom is -0.378 e. The Kier molecular flexibility index (Phi) is 3.68. The van der Waals surface area contributed by atoms with Crippen LogP contribution in [-0.2, 0) is 9.53 Å². The number of anilines is 2. The van der Waals surface area contributed by atoms with E-state index >= 15 is 0 Å². The topological polar surface area (TPSA) is 84.6 Å².